The van der Waals surface area contributed by atoms with Crippen LogP contribution in [0.15, 0.2) is 10.9 Å². The van der Waals surface area contributed by atoms with E-state index < -0.39 is 4.92 Å². The van der Waals surface area contributed by atoms with E-state index in [1.807, 2.05) is 0 Å². The molecule has 0 unspecified atom stereocenters. The molecule has 19 heavy (non-hydrogen) atoms. The minimum absolute atomic E-state index is 0.00963. The molecule has 0 aliphatic rings. The van der Waals surface area contributed by atoms with E-state index >= 15 is 0 Å². The molecule has 0 bridgehead atoms. The Kier molecular flexibility index (Phi) is 3.47. The van der Waals surface area contributed by atoms with Gasteiger partial charge in [-0.05, 0) is 0 Å². The Morgan fingerprint density at radius 1 is 1.47 bits per heavy atom. The maximum atomic E-state index is 11.0. The number of nitro groups is 1. The molecular weight excluding hydrogens is 256 g/mol. The zero-order valence-corrected chi connectivity index (χ0v) is 9.82. The fourth-order valence-electron chi connectivity index (χ4n) is 1.36. The van der Waals surface area contributed by atoms with Gasteiger partial charge in [-0.15, -0.1) is 0 Å². The molecule has 0 aromatic carbocycles. The highest BCUT2D eigenvalue weighted by Gasteiger charge is 2.22. The van der Waals surface area contributed by atoms with Crippen molar-refractivity contribution in [3.63, 3.8) is 0 Å². The largest absolute Gasteiger partial charge is 0.357 e. The van der Waals surface area contributed by atoms with Crippen molar-refractivity contribution in [1.82, 2.24) is 20.1 Å². The van der Waals surface area contributed by atoms with Crippen molar-refractivity contribution in [2.24, 2.45) is 5.84 Å². The Morgan fingerprint density at radius 3 is 2.79 bits per heavy atom. The van der Waals surface area contributed by atoms with Crippen LogP contribution in [0.3, 0.4) is 0 Å². The average Bonchev–Trinajstić information content (AvgIpc) is 2.81. The lowest BCUT2D eigenvalue weighted by atomic mass is 10.4. The number of nitrogens with two attached hydrogens (primary N) is 1. The minimum Gasteiger partial charge on any atom is -0.357 e. The molecule has 0 aliphatic heterocycles. The van der Waals surface area contributed by atoms with E-state index in [0.29, 0.717) is 11.7 Å². The number of rotatable bonds is 5. The van der Waals surface area contributed by atoms with Gasteiger partial charge in [0.2, 0.25) is 17.5 Å². The summed E-state index contributed by atoms with van der Waals surface area (Å²) in [7, 11) is 0. The van der Waals surface area contributed by atoms with Crippen LogP contribution < -0.4 is 16.6 Å². The zero-order valence-electron chi connectivity index (χ0n) is 9.82. The molecule has 0 atom stereocenters. The van der Waals surface area contributed by atoms with Crippen molar-refractivity contribution in [1.29, 1.82) is 0 Å². The summed E-state index contributed by atoms with van der Waals surface area (Å²) in [6, 6.07) is 0. The summed E-state index contributed by atoms with van der Waals surface area (Å²) in [6.07, 6.45) is 1.14. The number of aromatic nitrogens is 4. The molecule has 2 aromatic rings. The third-order valence-electron chi connectivity index (χ3n) is 2.13. The molecule has 0 spiro atoms. The second kappa shape index (κ2) is 5.22. The molecular formula is C8H10N8O3. The molecule has 0 aliphatic carbocycles. The minimum atomic E-state index is -0.640. The quantitative estimate of drug-likeness (QED) is 0.381. The molecule has 0 saturated heterocycles. The number of nitrogens with one attached hydrogen (secondary N) is 2. The first-order valence-electron chi connectivity index (χ1n) is 5.11. The van der Waals surface area contributed by atoms with E-state index in [-0.39, 0.29) is 23.9 Å². The summed E-state index contributed by atoms with van der Waals surface area (Å²) in [5, 5.41) is 17.3. The summed E-state index contributed by atoms with van der Waals surface area (Å²) >= 11 is 0. The van der Waals surface area contributed by atoms with Gasteiger partial charge in [-0.25, -0.2) is 15.8 Å². The van der Waals surface area contributed by atoms with E-state index in [1.165, 1.54) is 0 Å². The average molecular weight is 266 g/mol. The molecule has 2 heterocycles. The maximum absolute atomic E-state index is 11.0. The van der Waals surface area contributed by atoms with E-state index in [1.54, 1.807) is 6.92 Å². The van der Waals surface area contributed by atoms with Crippen LogP contribution in [-0.2, 0) is 6.54 Å². The van der Waals surface area contributed by atoms with Crippen LogP contribution in [0.5, 0.6) is 0 Å². The highest BCUT2D eigenvalue weighted by Crippen LogP contribution is 2.28. The number of hydrogen-bond acceptors (Lipinski definition) is 10. The highest BCUT2D eigenvalue weighted by molar-refractivity contribution is 5.68. The van der Waals surface area contributed by atoms with Crippen LogP contribution in [0.1, 0.15) is 11.7 Å². The van der Waals surface area contributed by atoms with Gasteiger partial charge >= 0.3 is 5.69 Å². The monoisotopic (exact) mass is 266 g/mol. The molecule has 4 N–H and O–H groups in total. The van der Waals surface area contributed by atoms with E-state index in [0.717, 1.165) is 6.33 Å². The Balaban J connectivity index is 2.22. The van der Waals surface area contributed by atoms with Gasteiger partial charge in [-0.2, -0.15) is 4.98 Å². The molecule has 2 aromatic heterocycles. The summed E-state index contributed by atoms with van der Waals surface area (Å²) in [5.74, 6) is 5.83. The number of hydrogen-bond donors (Lipinski definition) is 3. The molecule has 11 nitrogen and oxygen atoms in total. The van der Waals surface area contributed by atoms with Crippen LogP contribution in [0.4, 0.5) is 17.3 Å². The van der Waals surface area contributed by atoms with Crippen LogP contribution >= 0.6 is 0 Å². The highest BCUT2D eigenvalue weighted by atomic mass is 16.6. The van der Waals surface area contributed by atoms with Gasteiger partial charge in [0.05, 0.1) is 11.5 Å². The van der Waals surface area contributed by atoms with Crippen LogP contribution in [0, 0.1) is 17.0 Å². The van der Waals surface area contributed by atoms with Crippen LogP contribution in [0.2, 0.25) is 0 Å². The Labute approximate surface area is 106 Å². The fourth-order valence-corrected chi connectivity index (χ4v) is 1.36. The van der Waals surface area contributed by atoms with Gasteiger partial charge in [0.15, 0.2) is 5.82 Å². The molecule has 0 saturated carbocycles. The van der Waals surface area contributed by atoms with Gasteiger partial charge in [-0.1, -0.05) is 5.16 Å². The van der Waals surface area contributed by atoms with Gasteiger partial charge in [0.25, 0.3) is 0 Å². The maximum Gasteiger partial charge on any atom is 0.354 e. The number of hydrazine groups is 1. The third-order valence-corrected chi connectivity index (χ3v) is 2.13. The second-order valence-corrected chi connectivity index (χ2v) is 3.40. The molecule has 11 heteroatoms. The zero-order chi connectivity index (χ0) is 13.8. The predicted octanol–water partition coefficient (Wildman–Crippen LogP) is -0.0261. The number of aryl methyl sites for hydroxylation is 1. The standard InChI is InChI=1S/C8H10N8O3/c1-4-13-5(15-19-4)2-10-7-6(16(17)18)8(14-9)12-3-11-7/h3H,2,9H2,1H3,(H2,10,11,12,14). The second-order valence-electron chi connectivity index (χ2n) is 3.40. The lowest BCUT2D eigenvalue weighted by Gasteiger charge is -2.06. The van der Waals surface area contributed by atoms with Gasteiger partial charge in [0.1, 0.15) is 6.33 Å². The summed E-state index contributed by atoms with van der Waals surface area (Å²) in [4.78, 5) is 21.7. The first kappa shape index (κ1) is 12.6. The normalized spacial score (nSPS) is 10.2. The lowest BCUT2D eigenvalue weighted by Crippen LogP contribution is -2.14. The van der Waals surface area contributed by atoms with Gasteiger partial charge < -0.3 is 15.3 Å². The number of anilines is 2. The smallest absolute Gasteiger partial charge is 0.354 e. The first-order chi connectivity index (χ1) is 9.11. The molecule has 2 rings (SSSR count). The van der Waals surface area contributed by atoms with Crippen LogP contribution in [-0.4, -0.2) is 25.0 Å². The van der Waals surface area contributed by atoms with E-state index in [9.17, 15) is 10.1 Å². The number of nitrogen functional groups attached to an aromatic ring is 1. The lowest BCUT2D eigenvalue weighted by molar-refractivity contribution is -0.383. The van der Waals surface area contributed by atoms with Gasteiger partial charge in [0, 0.05) is 6.92 Å². The van der Waals surface area contributed by atoms with Crippen molar-refractivity contribution >= 4 is 17.3 Å². The third kappa shape index (κ3) is 2.71. The van der Waals surface area contributed by atoms with Gasteiger partial charge in [-0.3, -0.25) is 10.1 Å². The van der Waals surface area contributed by atoms with Crippen LogP contribution in [0.25, 0.3) is 0 Å². The van der Waals surface area contributed by atoms with E-state index in [2.05, 4.69) is 30.9 Å². The summed E-state index contributed by atoms with van der Waals surface area (Å²) in [5.41, 5.74) is 1.78. The van der Waals surface area contributed by atoms with E-state index in [4.69, 9.17) is 10.4 Å². The Hall–Kier alpha value is -2.82. The summed E-state index contributed by atoms with van der Waals surface area (Å²) < 4.78 is 4.78. The van der Waals surface area contributed by atoms with Crippen molar-refractivity contribution < 1.29 is 9.45 Å². The van der Waals surface area contributed by atoms with Crippen molar-refractivity contribution in [3.05, 3.63) is 28.2 Å². The SMILES string of the molecule is Cc1nc(CNc2ncnc(NN)c2[N+](=O)[O-])no1. The molecule has 0 radical (unpaired) electrons. The fraction of sp³-hybridized carbons (Fsp3) is 0.250. The molecule has 0 fully saturated rings. The Morgan fingerprint density at radius 2 is 2.21 bits per heavy atom. The molecule has 0 amide bonds. The topological polar surface area (TPSA) is 158 Å². The number of nitrogens with zero attached hydrogens (tertiary/aromatic N) is 5. The molecule has 100 valence electrons. The first-order valence-corrected chi connectivity index (χ1v) is 5.11. The predicted molar refractivity (Wildman–Crippen MR) is 62.9 cm³/mol. The van der Waals surface area contributed by atoms with Crippen molar-refractivity contribution in [2.75, 3.05) is 10.7 Å². The summed E-state index contributed by atoms with van der Waals surface area (Å²) in [6.45, 7) is 1.76. The van der Waals surface area contributed by atoms with Crippen molar-refractivity contribution in [3.8, 4) is 0 Å². The Bertz CT molecular complexity index is 597. The van der Waals surface area contributed by atoms with Crippen molar-refractivity contribution in [2.45, 2.75) is 13.5 Å².